The van der Waals surface area contributed by atoms with Crippen molar-refractivity contribution in [1.29, 1.82) is 0 Å². The van der Waals surface area contributed by atoms with E-state index in [1.165, 1.54) is 19.2 Å². The summed E-state index contributed by atoms with van der Waals surface area (Å²) >= 11 is 0. The zero-order chi connectivity index (χ0) is 19.6. The van der Waals surface area contributed by atoms with Gasteiger partial charge in [0.05, 0.1) is 16.9 Å². The first-order valence-electron chi connectivity index (χ1n) is 7.61. The Morgan fingerprint density at radius 1 is 1.19 bits per heavy atom. The summed E-state index contributed by atoms with van der Waals surface area (Å²) in [6.07, 6.45) is 1.56. The average Bonchev–Trinajstić information content (AvgIpc) is 3.07. The maximum Gasteiger partial charge on any atom is 0.312 e. The minimum Gasteiger partial charge on any atom is -0.490 e. The summed E-state index contributed by atoms with van der Waals surface area (Å²) in [5.41, 5.74) is 0.635. The molecule has 0 aliphatic heterocycles. The molecule has 0 saturated heterocycles. The largest absolute Gasteiger partial charge is 0.490 e. The first-order valence-corrected chi connectivity index (χ1v) is 9.10. The highest BCUT2D eigenvalue weighted by molar-refractivity contribution is 7.92. The number of hydrogen-bond acceptors (Lipinski definition) is 7. The Morgan fingerprint density at radius 3 is 2.44 bits per heavy atom. The van der Waals surface area contributed by atoms with Crippen LogP contribution in [0.5, 0.6) is 5.75 Å². The van der Waals surface area contributed by atoms with E-state index in [9.17, 15) is 18.5 Å². The van der Waals surface area contributed by atoms with E-state index in [0.717, 1.165) is 11.6 Å². The standard InChI is InChI=1S/C16H15N5O5S/c1-20-10-17-18-16(20)11-3-5-12(6-4-11)19-27(24,25)13-7-8-15(26-2)14(9-13)21(22)23/h3-10,19H,1-2H3. The number of aromatic nitrogens is 3. The second kappa shape index (κ2) is 7.03. The van der Waals surface area contributed by atoms with Gasteiger partial charge in [-0.3, -0.25) is 14.8 Å². The third-order valence-corrected chi connectivity index (χ3v) is 5.14. The number of methoxy groups -OCH3 is 1. The summed E-state index contributed by atoms with van der Waals surface area (Å²) in [4.78, 5) is 10.1. The Kier molecular flexibility index (Phi) is 4.77. The minimum absolute atomic E-state index is 0.0213. The Morgan fingerprint density at radius 2 is 1.89 bits per heavy atom. The van der Waals surface area contributed by atoms with Crippen molar-refractivity contribution in [2.45, 2.75) is 4.90 Å². The van der Waals surface area contributed by atoms with Crippen molar-refractivity contribution in [2.24, 2.45) is 7.05 Å². The van der Waals surface area contributed by atoms with Crippen LogP contribution in [0.15, 0.2) is 53.7 Å². The van der Waals surface area contributed by atoms with Crippen LogP contribution in [-0.4, -0.2) is 35.2 Å². The number of aryl methyl sites for hydroxylation is 1. The molecular weight excluding hydrogens is 374 g/mol. The quantitative estimate of drug-likeness (QED) is 0.505. The molecule has 0 unspecified atom stereocenters. The fourth-order valence-corrected chi connectivity index (χ4v) is 3.50. The molecule has 0 bridgehead atoms. The molecule has 2 aromatic carbocycles. The monoisotopic (exact) mass is 389 g/mol. The van der Waals surface area contributed by atoms with Gasteiger partial charge in [0, 0.05) is 24.4 Å². The Hall–Kier alpha value is -3.47. The van der Waals surface area contributed by atoms with E-state index < -0.39 is 20.6 Å². The molecule has 3 rings (SSSR count). The molecule has 0 spiro atoms. The summed E-state index contributed by atoms with van der Waals surface area (Å²) in [6.45, 7) is 0. The van der Waals surface area contributed by atoms with Gasteiger partial charge in [0.15, 0.2) is 11.6 Å². The van der Waals surface area contributed by atoms with Crippen molar-refractivity contribution in [2.75, 3.05) is 11.8 Å². The number of nitrogens with one attached hydrogen (secondary N) is 1. The summed E-state index contributed by atoms with van der Waals surface area (Å²) < 4.78 is 34.1. The topological polar surface area (TPSA) is 129 Å². The molecular formula is C16H15N5O5S. The van der Waals surface area contributed by atoms with E-state index in [4.69, 9.17) is 4.74 Å². The van der Waals surface area contributed by atoms with Gasteiger partial charge in [0.2, 0.25) is 0 Å². The van der Waals surface area contributed by atoms with E-state index in [-0.39, 0.29) is 10.6 Å². The predicted molar refractivity (Wildman–Crippen MR) is 96.9 cm³/mol. The van der Waals surface area contributed by atoms with Crippen molar-refractivity contribution in [3.63, 3.8) is 0 Å². The third-order valence-electron chi connectivity index (χ3n) is 3.76. The van der Waals surface area contributed by atoms with Gasteiger partial charge in [0.1, 0.15) is 6.33 Å². The summed E-state index contributed by atoms with van der Waals surface area (Å²) in [6, 6.07) is 9.96. The van der Waals surface area contributed by atoms with E-state index in [1.54, 1.807) is 42.2 Å². The lowest BCUT2D eigenvalue weighted by Gasteiger charge is -2.10. The number of sulfonamides is 1. The molecule has 27 heavy (non-hydrogen) atoms. The average molecular weight is 389 g/mol. The van der Waals surface area contributed by atoms with E-state index in [2.05, 4.69) is 14.9 Å². The lowest BCUT2D eigenvalue weighted by Crippen LogP contribution is -2.13. The molecule has 1 N–H and O–H groups in total. The normalized spacial score (nSPS) is 11.2. The van der Waals surface area contributed by atoms with Crippen LogP contribution >= 0.6 is 0 Å². The molecule has 0 aliphatic rings. The van der Waals surface area contributed by atoms with Crippen LogP contribution in [0.4, 0.5) is 11.4 Å². The van der Waals surface area contributed by atoms with Gasteiger partial charge in [-0.25, -0.2) is 8.42 Å². The zero-order valence-electron chi connectivity index (χ0n) is 14.4. The Labute approximate surface area is 154 Å². The van der Waals surface area contributed by atoms with Gasteiger partial charge in [-0.05, 0) is 36.4 Å². The SMILES string of the molecule is COc1ccc(S(=O)(=O)Nc2ccc(-c3nncn3C)cc2)cc1[N+](=O)[O-]. The molecule has 0 fully saturated rings. The van der Waals surface area contributed by atoms with Gasteiger partial charge in [-0.2, -0.15) is 0 Å². The van der Waals surface area contributed by atoms with Crippen LogP contribution in [0.3, 0.4) is 0 Å². The lowest BCUT2D eigenvalue weighted by atomic mass is 10.2. The molecule has 0 radical (unpaired) electrons. The maximum atomic E-state index is 12.5. The van der Waals surface area contributed by atoms with Crippen LogP contribution in [-0.2, 0) is 17.1 Å². The van der Waals surface area contributed by atoms with E-state index in [1.807, 2.05) is 0 Å². The first-order chi connectivity index (χ1) is 12.8. The second-order valence-electron chi connectivity index (χ2n) is 5.54. The summed E-state index contributed by atoms with van der Waals surface area (Å²) in [7, 11) is -0.947. The van der Waals surface area contributed by atoms with Gasteiger partial charge in [0.25, 0.3) is 10.0 Å². The minimum atomic E-state index is -4.01. The Bertz CT molecular complexity index is 1090. The number of nitro benzene ring substituents is 1. The number of anilines is 1. The molecule has 140 valence electrons. The van der Waals surface area contributed by atoms with E-state index >= 15 is 0 Å². The molecule has 0 atom stereocenters. The molecule has 0 saturated carbocycles. The van der Waals surface area contributed by atoms with Crippen molar-refractivity contribution in [3.8, 4) is 17.1 Å². The predicted octanol–water partition coefficient (Wildman–Crippen LogP) is 2.20. The highest BCUT2D eigenvalue weighted by Crippen LogP contribution is 2.30. The number of ether oxygens (including phenoxy) is 1. The van der Waals surface area contributed by atoms with Crippen LogP contribution in [0.1, 0.15) is 0 Å². The van der Waals surface area contributed by atoms with E-state index in [0.29, 0.717) is 11.5 Å². The second-order valence-corrected chi connectivity index (χ2v) is 7.22. The van der Waals surface area contributed by atoms with Crippen LogP contribution < -0.4 is 9.46 Å². The highest BCUT2D eigenvalue weighted by Gasteiger charge is 2.22. The van der Waals surface area contributed by atoms with Crippen LogP contribution in [0, 0.1) is 10.1 Å². The van der Waals surface area contributed by atoms with Crippen molar-refractivity contribution in [1.82, 2.24) is 14.8 Å². The van der Waals surface area contributed by atoms with Gasteiger partial charge in [-0.15, -0.1) is 10.2 Å². The maximum absolute atomic E-state index is 12.5. The first kappa shape index (κ1) is 18.3. The molecule has 1 aromatic heterocycles. The number of benzene rings is 2. The third kappa shape index (κ3) is 3.72. The van der Waals surface area contributed by atoms with Crippen molar-refractivity contribution < 1.29 is 18.1 Å². The molecule has 11 heteroatoms. The summed E-state index contributed by atoms with van der Waals surface area (Å²) in [5.74, 6) is 0.613. The number of nitro groups is 1. The van der Waals surface area contributed by atoms with Gasteiger partial charge >= 0.3 is 5.69 Å². The molecule has 1 heterocycles. The Balaban J connectivity index is 1.87. The van der Waals surface area contributed by atoms with Crippen LogP contribution in [0.2, 0.25) is 0 Å². The van der Waals surface area contributed by atoms with Crippen molar-refractivity contribution >= 4 is 21.4 Å². The fourth-order valence-electron chi connectivity index (χ4n) is 2.43. The molecule has 3 aromatic rings. The fraction of sp³-hybridized carbons (Fsp3) is 0.125. The summed E-state index contributed by atoms with van der Waals surface area (Å²) in [5, 5.41) is 18.9. The molecule has 10 nitrogen and oxygen atoms in total. The number of nitrogens with zero attached hydrogens (tertiary/aromatic N) is 4. The zero-order valence-corrected chi connectivity index (χ0v) is 15.2. The lowest BCUT2D eigenvalue weighted by molar-refractivity contribution is -0.386. The van der Waals surface area contributed by atoms with Crippen molar-refractivity contribution in [3.05, 3.63) is 58.9 Å². The number of rotatable bonds is 6. The highest BCUT2D eigenvalue weighted by atomic mass is 32.2. The number of hydrogen-bond donors (Lipinski definition) is 1. The molecule has 0 aliphatic carbocycles. The van der Waals surface area contributed by atoms with Gasteiger partial charge < -0.3 is 9.30 Å². The smallest absolute Gasteiger partial charge is 0.312 e. The van der Waals surface area contributed by atoms with Crippen LogP contribution in [0.25, 0.3) is 11.4 Å². The molecule has 0 amide bonds. The van der Waals surface area contributed by atoms with Gasteiger partial charge in [-0.1, -0.05) is 0 Å².